The van der Waals surface area contributed by atoms with Crippen molar-refractivity contribution >= 4 is 11.8 Å². The molecule has 0 spiro atoms. The number of aromatic nitrogens is 1. The van der Waals surface area contributed by atoms with Gasteiger partial charge in [-0.05, 0) is 41.8 Å². The Bertz CT molecular complexity index is 572. The van der Waals surface area contributed by atoms with E-state index >= 15 is 0 Å². The third-order valence-electron chi connectivity index (χ3n) is 3.92. The summed E-state index contributed by atoms with van der Waals surface area (Å²) in [7, 11) is 0. The summed E-state index contributed by atoms with van der Waals surface area (Å²) in [6.07, 6.45) is 3.18. The Hall–Kier alpha value is -2.47. The Morgan fingerprint density at radius 2 is 2.33 bits per heavy atom. The molecule has 0 unspecified atom stereocenters. The minimum atomic E-state index is -0.867. The van der Waals surface area contributed by atoms with Crippen LogP contribution in [0, 0.1) is 5.92 Å². The Morgan fingerprint density at radius 3 is 2.95 bits per heavy atom. The highest BCUT2D eigenvalue weighted by Gasteiger charge is 2.38. The monoisotopic (exact) mass is 290 g/mol. The van der Waals surface area contributed by atoms with E-state index in [0.717, 1.165) is 12.0 Å². The van der Waals surface area contributed by atoms with Crippen LogP contribution in [-0.2, 0) is 4.74 Å². The van der Waals surface area contributed by atoms with Gasteiger partial charge in [-0.15, -0.1) is 0 Å². The summed E-state index contributed by atoms with van der Waals surface area (Å²) in [5.74, 6) is 0.161. The molecule has 4 atom stereocenters. The molecule has 0 aromatic carbocycles. The number of carbonyl (C=O) groups is 1. The maximum absolute atomic E-state index is 11.1. The summed E-state index contributed by atoms with van der Waals surface area (Å²) in [6.45, 7) is 1.96. The number of hydrogen-bond acceptors (Lipinski definition) is 5. The van der Waals surface area contributed by atoms with Crippen molar-refractivity contribution in [3.8, 4) is 0 Å². The topological polar surface area (TPSA) is 140 Å². The summed E-state index contributed by atoms with van der Waals surface area (Å²) in [6, 6.07) is 1.45. The zero-order valence-corrected chi connectivity index (χ0v) is 11.7. The number of primary amides is 1. The second kappa shape index (κ2) is 6.32. The molecule has 1 aliphatic carbocycles. The molecule has 21 heavy (non-hydrogen) atoms. The fourth-order valence-corrected chi connectivity index (χ4v) is 3.03. The number of nitrogen functional groups attached to an aromatic ring is 1. The van der Waals surface area contributed by atoms with Crippen LogP contribution in [0.1, 0.15) is 31.2 Å². The molecule has 0 bridgehead atoms. The van der Waals surface area contributed by atoms with Gasteiger partial charge in [0.1, 0.15) is 6.10 Å². The molecule has 1 heterocycles. The Balaban J connectivity index is 2.26. The quantitative estimate of drug-likeness (QED) is 0.500. The van der Waals surface area contributed by atoms with Gasteiger partial charge < -0.3 is 16.2 Å². The van der Waals surface area contributed by atoms with E-state index in [-0.39, 0.29) is 11.8 Å². The largest absolute Gasteiger partial charge is 0.446 e. The molecule has 1 fully saturated rings. The lowest BCUT2D eigenvalue weighted by Gasteiger charge is -2.37. The first-order valence-electron chi connectivity index (χ1n) is 6.72. The average Bonchev–Trinajstić information content (AvgIpc) is 2.42. The number of hydrogen-bond donors (Lipinski definition) is 2. The summed E-state index contributed by atoms with van der Waals surface area (Å²) >= 11 is 0. The number of nitrogens with zero attached hydrogens (tertiary/aromatic N) is 4. The van der Waals surface area contributed by atoms with Gasteiger partial charge in [0.2, 0.25) is 0 Å². The zero-order valence-electron chi connectivity index (χ0n) is 11.7. The van der Waals surface area contributed by atoms with Crippen LogP contribution < -0.4 is 11.5 Å². The van der Waals surface area contributed by atoms with Gasteiger partial charge in [-0.25, -0.2) is 4.79 Å². The van der Waals surface area contributed by atoms with Gasteiger partial charge in [0.25, 0.3) is 0 Å². The van der Waals surface area contributed by atoms with Crippen molar-refractivity contribution < 1.29 is 9.53 Å². The molecule has 0 radical (unpaired) electrons. The van der Waals surface area contributed by atoms with Crippen LogP contribution in [0.2, 0.25) is 0 Å². The van der Waals surface area contributed by atoms with Gasteiger partial charge in [0.15, 0.2) is 0 Å². The highest BCUT2D eigenvalue weighted by molar-refractivity contribution is 5.65. The lowest BCUT2D eigenvalue weighted by molar-refractivity contribution is 0.0453. The van der Waals surface area contributed by atoms with E-state index in [9.17, 15) is 4.79 Å². The number of nitrogens with two attached hydrogens (primary N) is 2. The fourth-order valence-electron chi connectivity index (χ4n) is 3.03. The maximum atomic E-state index is 11.1. The lowest BCUT2D eigenvalue weighted by atomic mass is 9.74. The molecule has 4 N–H and O–H groups in total. The minimum Gasteiger partial charge on any atom is -0.446 e. The maximum Gasteiger partial charge on any atom is 0.404 e. The summed E-state index contributed by atoms with van der Waals surface area (Å²) in [5.41, 5.74) is 21.3. The van der Waals surface area contributed by atoms with Crippen molar-refractivity contribution in [1.29, 1.82) is 0 Å². The number of azide groups is 1. The smallest absolute Gasteiger partial charge is 0.404 e. The predicted octanol–water partition coefficient (Wildman–Crippen LogP) is 2.32. The van der Waals surface area contributed by atoms with E-state index in [1.807, 2.05) is 13.0 Å². The first-order chi connectivity index (χ1) is 10.0. The lowest BCUT2D eigenvalue weighted by Crippen LogP contribution is -2.41. The highest BCUT2D eigenvalue weighted by atomic mass is 16.6. The average molecular weight is 290 g/mol. The first-order valence-corrected chi connectivity index (χ1v) is 6.72. The molecule has 8 heteroatoms. The van der Waals surface area contributed by atoms with Crippen LogP contribution in [0.25, 0.3) is 10.4 Å². The van der Waals surface area contributed by atoms with E-state index in [4.69, 9.17) is 21.7 Å². The number of carbonyl (C=O) groups excluding carboxylic acids is 1. The van der Waals surface area contributed by atoms with Gasteiger partial charge in [0.05, 0.1) is 17.9 Å². The molecule has 1 aromatic rings. The van der Waals surface area contributed by atoms with E-state index in [0.29, 0.717) is 12.1 Å². The predicted molar refractivity (Wildman–Crippen MR) is 77.2 cm³/mol. The van der Waals surface area contributed by atoms with Crippen LogP contribution in [0.3, 0.4) is 0 Å². The van der Waals surface area contributed by atoms with E-state index in [1.165, 1.54) is 0 Å². The van der Waals surface area contributed by atoms with Crippen molar-refractivity contribution in [3.05, 3.63) is 34.5 Å². The van der Waals surface area contributed by atoms with Gasteiger partial charge in [-0.1, -0.05) is 12.0 Å². The number of amides is 1. The molecule has 2 rings (SSSR count). The van der Waals surface area contributed by atoms with Gasteiger partial charge in [0, 0.05) is 11.1 Å². The highest BCUT2D eigenvalue weighted by Crippen LogP contribution is 2.40. The van der Waals surface area contributed by atoms with Gasteiger partial charge in [-0.3, -0.25) is 4.98 Å². The second-order valence-electron chi connectivity index (χ2n) is 5.32. The van der Waals surface area contributed by atoms with E-state index < -0.39 is 18.2 Å². The Kier molecular flexibility index (Phi) is 4.49. The van der Waals surface area contributed by atoms with Gasteiger partial charge in [-0.2, -0.15) is 0 Å². The third kappa shape index (κ3) is 3.35. The summed E-state index contributed by atoms with van der Waals surface area (Å²) in [5, 5.41) is 3.75. The van der Waals surface area contributed by atoms with E-state index in [1.54, 1.807) is 12.4 Å². The van der Waals surface area contributed by atoms with Crippen molar-refractivity contribution in [1.82, 2.24) is 4.98 Å². The Morgan fingerprint density at radius 1 is 1.57 bits per heavy atom. The number of ether oxygens (including phenoxy) is 1. The van der Waals surface area contributed by atoms with Crippen molar-refractivity contribution in [3.63, 3.8) is 0 Å². The molecule has 1 aromatic heterocycles. The summed E-state index contributed by atoms with van der Waals surface area (Å²) < 4.78 is 5.14. The normalized spacial score (nSPS) is 28.4. The SMILES string of the molecule is C[C@@H]1C[C@H](c2ccncc2N)C[C@H](OC(N)=O)[C@@H]1N=[N+]=[N-]. The fraction of sp³-hybridized carbons (Fsp3) is 0.538. The van der Waals surface area contributed by atoms with Crippen molar-refractivity contribution in [2.24, 2.45) is 16.8 Å². The van der Waals surface area contributed by atoms with Crippen molar-refractivity contribution in [2.75, 3.05) is 5.73 Å². The van der Waals surface area contributed by atoms with Crippen LogP contribution in [-0.4, -0.2) is 23.2 Å². The second-order valence-corrected chi connectivity index (χ2v) is 5.32. The summed E-state index contributed by atoms with van der Waals surface area (Å²) in [4.78, 5) is 17.9. The first kappa shape index (κ1) is 14.9. The molecule has 1 saturated carbocycles. The van der Waals surface area contributed by atoms with Crippen LogP contribution in [0.5, 0.6) is 0 Å². The van der Waals surface area contributed by atoms with Gasteiger partial charge >= 0.3 is 6.09 Å². The zero-order chi connectivity index (χ0) is 15.4. The molecule has 0 aliphatic heterocycles. The number of anilines is 1. The van der Waals surface area contributed by atoms with E-state index in [2.05, 4.69) is 15.0 Å². The third-order valence-corrected chi connectivity index (χ3v) is 3.92. The molecule has 0 saturated heterocycles. The standard InChI is InChI=1S/C13H18N6O2/c1-7-4-8(9-2-3-17-6-10(9)14)5-11(21-13(15)20)12(7)18-19-16/h2-3,6-8,11-12H,4-5,14H2,1H3,(H2,15,20)/t7-,8+,11+,12-/m1/s1. The van der Waals surface area contributed by atoms with Crippen LogP contribution >= 0.6 is 0 Å². The van der Waals surface area contributed by atoms with Crippen molar-refractivity contribution in [2.45, 2.75) is 37.8 Å². The number of rotatable bonds is 3. The van der Waals surface area contributed by atoms with Crippen LogP contribution in [0.4, 0.5) is 10.5 Å². The number of pyridine rings is 1. The molecular formula is C13H18N6O2. The molecule has 1 aliphatic rings. The van der Waals surface area contributed by atoms with Crippen LogP contribution in [0.15, 0.2) is 23.6 Å². The molecular weight excluding hydrogens is 272 g/mol. The molecule has 1 amide bonds. The molecule has 112 valence electrons. The minimum absolute atomic E-state index is 0.0524. The molecule has 8 nitrogen and oxygen atoms in total. The Labute approximate surface area is 122 Å².